The predicted octanol–water partition coefficient (Wildman–Crippen LogP) is 1.87. The number of halogens is 1. The van der Waals surface area contributed by atoms with Crippen molar-refractivity contribution in [1.82, 2.24) is 10.2 Å². The molecule has 6 heteroatoms. The lowest BCUT2D eigenvalue weighted by Crippen LogP contribution is -2.43. The van der Waals surface area contributed by atoms with Crippen molar-refractivity contribution in [2.24, 2.45) is 5.92 Å². The number of carbonyl (C=O) groups excluding carboxylic acids is 1. The second kappa shape index (κ2) is 7.43. The number of amides is 1. The lowest BCUT2D eigenvalue weighted by Gasteiger charge is -2.33. The molecule has 1 amide bonds. The number of carboxylic acids is 1. The molecular weight excluding hydrogens is 292 g/mol. The van der Waals surface area contributed by atoms with Gasteiger partial charge in [-0.2, -0.15) is 0 Å². The Kier molecular flexibility index (Phi) is 5.59. The van der Waals surface area contributed by atoms with Gasteiger partial charge in [-0.3, -0.25) is 9.59 Å². The zero-order valence-corrected chi connectivity index (χ0v) is 12.5. The van der Waals surface area contributed by atoms with Gasteiger partial charge >= 0.3 is 5.97 Å². The van der Waals surface area contributed by atoms with Crippen LogP contribution in [0, 0.1) is 5.92 Å². The highest BCUT2D eigenvalue weighted by molar-refractivity contribution is 6.30. The maximum absolute atomic E-state index is 12.4. The average molecular weight is 311 g/mol. The Morgan fingerprint density at radius 1 is 1.33 bits per heavy atom. The minimum Gasteiger partial charge on any atom is -0.480 e. The van der Waals surface area contributed by atoms with Crippen LogP contribution in [-0.4, -0.2) is 48.1 Å². The molecule has 0 spiro atoms. The van der Waals surface area contributed by atoms with Gasteiger partial charge in [0.05, 0.1) is 6.54 Å². The fourth-order valence-corrected chi connectivity index (χ4v) is 2.70. The van der Waals surface area contributed by atoms with Gasteiger partial charge in [-0.15, -0.1) is 0 Å². The van der Waals surface area contributed by atoms with Crippen LogP contribution in [0.4, 0.5) is 0 Å². The van der Waals surface area contributed by atoms with Crippen molar-refractivity contribution >= 4 is 23.5 Å². The minimum absolute atomic E-state index is 0.00889. The number of nitrogens with zero attached hydrogens (tertiary/aromatic N) is 1. The molecule has 0 radical (unpaired) electrons. The zero-order chi connectivity index (χ0) is 15.2. The predicted molar refractivity (Wildman–Crippen MR) is 80.6 cm³/mol. The van der Waals surface area contributed by atoms with E-state index in [1.165, 1.54) is 0 Å². The molecule has 1 heterocycles. The highest BCUT2D eigenvalue weighted by Gasteiger charge is 2.24. The Bertz CT molecular complexity index is 504. The van der Waals surface area contributed by atoms with Crippen LogP contribution in [0.25, 0.3) is 0 Å². The van der Waals surface area contributed by atoms with Gasteiger partial charge in [-0.25, -0.2) is 0 Å². The number of likely N-dealkylation sites (tertiary alicyclic amines) is 1. The number of rotatable bonds is 5. The van der Waals surface area contributed by atoms with Crippen molar-refractivity contribution in [1.29, 1.82) is 0 Å². The number of nitrogens with one attached hydrogen (secondary N) is 1. The summed E-state index contributed by atoms with van der Waals surface area (Å²) >= 11 is 5.83. The fourth-order valence-electron chi connectivity index (χ4n) is 2.57. The molecule has 1 aliphatic rings. The summed E-state index contributed by atoms with van der Waals surface area (Å²) in [6.45, 7) is 1.99. The smallest absolute Gasteiger partial charge is 0.317 e. The number of piperidine rings is 1. The van der Waals surface area contributed by atoms with Crippen LogP contribution in [0.5, 0.6) is 0 Å². The SMILES string of the molecule is O=C(O)CNCC1CCCN(C(=O)c2ccc(Cl)cc2)C1. The van der Waals surface area contributed by atoms with E-state index in [0.717, 1.165) is 19.4 Å². The normalized spacial score (nSPS) is 18.5. The molecule has 1 aromatic rings. The summed E-state index contributed by atoms with van der Waals surface area (Å²) in [5, 5.41) is 12.1. The van der Waals surface area contributed by atoms with E-state index in [2.05, 4.69) is 5.32 Å². The largest absolute Gasteiger partial charge is 0.480 e. The van der Waals surface area contributed by atoms with Crippen LogP contribution in [-0.2, 0) is 4.79 Å². The van der Waals surface area contributed by atoms with Crippen molar-refractivity contribution in [2.75, 3.05) is 26.2 Å². The van der Waals surface area contributed by atoms with Gasteiger partial charge in [0.15, 0.2) is 0 Å². The molecule has 1 atom stereocenters. The fraction of sp³-hybridized carbons (Fsp3) is 0.467. The summed E-state index contributed by atoms with van der Waals surface area (Å²) < 4.78 is 0. The molecule has 2 rings (SSSR count). The van der Waals surface area contributed by atoms with E-state index in [1.807, 2.05) is 4.90 Å². The molecule has 0 bridgehead atoms. The third-order valence-corrected chi connectivity index (χ3v) is 3.86. The van der Waals surface area contributed by atoms with Gasteiger partial charge in [-0.1, -0.05) is 11.6 Å². The number of hydrogen-bond donors (Lipinski definition) is 2. The van der Waals surface area contributed by atoms with Gasteiger partial charge in [0, 0.05) is 30.2 Å². The van der Waals surface area contributed by atoms with Gasteiger partial charge < -0.3 is 15.3 Å². The van der Waals surface area contributed by atoms with Gasteiger partial charge in [-0.05, 0) is 43.0 Å². The first-order valence-electron chi connectivity index (χ1n) is 7.03. The highest BCUT2D eigenvalue weighted by atomic mass is 35.5. The molecular formula is C15H19ClN2O3. The molecule has 114 valence electrons. The monoisotopic (exact) mass is 310 g/mol. The highest BCUT2D eigenvalue weighted by Crippen LogP contribution is 2.19. The van der Waals surface area contributed by atoms with Crippen molar-refractivity contribution in [3.63, 3.8) is 0 Å². The first-order valence-corrected chi connectivity index (χ1v) is 7.41. The molecule has 1 aliphatic heterocycles. The van der Waals surface area contributed by atoms with Crippen molar-refractivity contribution < 1.29 is 14.7 Å². The number of hydrogen-bond acceptors (Lipinski definition) is 3. The summed E-state index contributed by atoms with van der Waals surface area (Å²) in [6, 6.07) is 6.89. The van der Waals surface area contributed by atoms with Crippen LogP contribution < -0.4 is 5.32 Å². The second-order valence-electron chi connectivity index (χ2n) is 5.29. The Labute approximate surface area is 128 Å². The van der Waals surface area contributed by atoms with E-state index in [0.29, 0.717) is 29.6 Å². The molecule has 1 saturated heterocycles. The molecule has 2 N–H and O–H groups in total. The average Bonchev–Trinajstić information content (AvgIpc) is 2.47. The molecule has 1 fully saturated rings. The molecule has 21 heavy (non-hydrogen) atoms. The Morgan fingerprint density at radius 2 is 2.05 bits per heavy atom. The van der Waals surface area contributed by atoms with Crippen molar-refractivity contribution in [2.45, 2.75) is 12.8 Å². The second-order valence-corrected chi connectivity index (χ2v) is 5.73. The first-order chi connectivity index (χ1) is 10.1. The van der Waals surface area contributed by atoms with Gasteiger partial charge in [0.2, 0.25) is 0 Å². The van der Waals surface area contributed by atoms with Crippen LogP contribution in [0.15, 0.2) is 24.3 Å². The van der Waals surface area contributed by atoms with E-state index in [-0.39, 0.29) is 12.5 Å². The van der Waals surface area contributed by atoms with Crippen LogP contribution >= 0.6 is 11.6 Å². The zero-order valence-electron chi connectivity index (χ0n) is 11.7. The van der Waals surface area contributed by atoms with Crippen molar-refractivity contribution in [3.05, 3.63) is 34.9 Å². The maximum Gasteiger partial charge on any atom is 0.317 e. The molecule has 1 unspecified atom stereocenters. The van der Waals surface area contributed by atoms with Gasteiger partial charge in [0.25, 0.3) is 5.91 Å². The third-order valence-electron chi connectivity index (χ3n) is 3.61. The Morgan fingerprint density at radius 3 is 2.71 bits per heavy atom. The quantitative estimate of drug-likeness (QED) is 0.871. The third kappa shape index (κ3) is 4.72. The van der Waals surface area contributed by atoms with Gasteiger partial charge in [0.1, 0.15) is 0 Å². The summed E-state index contributed by atoms with van der Waals surface area (Å²) in [6.07, 6.45) is 1.95. The summed E-state index contributed by atoms with van der Waals surface area (Å²) in [4.78, 5) is 24.7. The van der Waals surface area contributed by atoms with Crippen LogP contribution in [0.2, 0.25) is 5.02 Å². The van der Waals surface area contributed by atoms with E-state index in [1.54, 1.807) is 24.3 Å². The number of carboxylic acid groups (broad SMARTS) is 1. The summed E-state index contributed by atoms with van der Waals surface area (Å²) in [7, 11) is 0. The molecule has 0 saturated carbocycles. The standard InChI is InChI=1S/C15H19ClN2O3/c16-13-5-3-12(4-6-13)15(21)18-7-1-2-11(10-18)8-17-9-14(19)20/h3-6,11,17H,1-2,7-10H2,(H,19,20). The van der Waals surface area contributed by atoms with E-state index in [9.17, 15) is 9.59 Å². The minimum atomic E-state index is -0.861. The Hall–Kier alpha value is -1.59. The molecule has 0 aliphatic carbocycles. The summed E-state index contributed by atoms with van der Waals surface area (Å²) in [5.41, 5.74) is 0.638. The number of carbonyl (C=O) groups is 2. The first kappa shape index (κ1) is 15.8. The number of benzene rings is 1. The molecule has 1 aromatic carbocycles. The topological polar surface area (TPSA) is 69.6 Å². The van der Waals surface area contributed by atoms with Crippen LogP contribution in [0.1, 0.15) is 23.2 Å². The van der Waals surface area contributed by atoms with E-state index >= 15 is 0 Å². The maximum atomic E-state index is 12.4. The Balaban J connectivity index is 1.89. The summed E-state index contributed by atoms with van der Waals surface area (Å²) in [5.74, 6) is -0.552. The van der Waals surface area contributed by atoms with E-state index < -0.39 is 5.97 Å². The lowest BCUT2D eigenvalue weighted by atomic mass is 9.97. The lowest BCUT2D eigenvalue weighted by molar-refractivity contribution is -0.136. The number of aliphatic carboxylic acids is 1. The van der Waals surface area contributed by atoms with Crippen LogP contribution in [0.3, 0.4) is 0 Å². The molecule has 5 nitrogen and oxygen atoms in total. The van der Waals surface area contributed by atoms with E-state index in [4.69, 9.17) is 16.7 Å². The molecule has 0 aromatic heterocycles. The van der Waals surface area contributed by atoms with Crippen molar-refractivity contribution in [3.8, 4) is 0 Å².